The van der Waals surface area contributed by atoms with Crippen molar-refractivity contribution in [2.24, 2.45) is 0 Å². The van der Waals surface area contributed by atoms with Crippen molar-refractivity contribution >= 4 is 26.0 Å². The molecule has 108 valence electrons. The molecule has 1 rings (SSSR count). The fourth-order valence-electron chi connectivity index (χ4n) is 1.75. The Morgan fingerprint density at radius 1 is 1.42 bits per heavy atom. The van der Waals surface area contributed by atoms with Gasteiger partial charge >= 0.3 is 0 Å². The Hall–Kier alpha value is -0.630. The number of benzene rings is 1. The van der Waals surface area contributed by atoms with Crippen LogP contribution in [0.5, 0.6) is 5.75 Å². The third-order valence-electron chi connectivity index (χ3n) is 2.47. The van der Waals surface area contributed by atoms with Gasteiger partial charge in [0, 0.05) is 10.5 Å². The Morgan fingerprint density at radius 3 is 2.58 bits per heavy atom. The van der Waals surface area contributed by atoms with E-state index >= 15 is 0 Å². The number of ether oxygens (including phenoxy) is 1. The van der Waals surface area contributed by atoms with E-state index in [9.17, 15) is 13.5 Å². The van der Waals surface area contributed by atoms with Gasteiger partial charge in [-0.3, -0.25) is 0 Å². The molecule has 0 radical (unpaired) electrons. The first-order valence-electron chi connectivity index (χ1n) is 5.80. The van der Waals surface area contributed by atoms with Gasteiger partial charge in [-0.1, -0.05) is 15.9 Å². The van der Waals surface area contributed by atoms with Gasteiger partial charge in [0.1, 0.15) is 10.6 Å². The molecule has 0 heterocycles. The summed E-state index contributed by atoms with van der Waals surface area (Å²) in [4.78, 5) is 0.0711. The lowest BCUT2D eigenvalue weighted by Gasteiger charge is -2.17. The zero-order valence-corrected chi connectivity index (χ0v) is 13.5. The lowest BCUT2D eigenvalue weighted by molar-refractivity contribution is 0.175. The Kier molecular flexibility index (Phi) is 5.79. The number of sulfonamides is 1. The zero-order chi connectivity index (χ0) is 14.6. The number of aliphatic hydroxyl groups is 1. The van der Waals surface area contributed by atoms with Crippen molar-refractivity contribution in [1.82, 2.24) is 4.72 Å². The molecule has 0 aliphatic heterocycles. The van der Waals surface area contributed by atoms with Gasteiger partial charge in [-0.25, -0.2) is 13.1 Å². The van der Waals surface area contributed by atoms with E-state index < -0.39 is 16.1 Å². The van der Waals surface area contributed by atoms with Crippen LogP contribution in [0.25, 0.3) is 0 Å². The molecule has 7 heteroatoms. The highest BCUT2D eigenvalue weighted by Crippen LogP contribution is 2.27. The van der Waals surface area contributed by atoms with Crippen molar-refractivity contribution in [3.8, 4) is 5.75 Å². The highest BCUT2D eigenvalue weighted by atomic mass is 79.9. The largest absolute Gasteiger partial charge is 0.495 e. The molecule has 0 fully saturated rings. The van der Waals surface area contributed by atoms with Crippen molar-refractivity contribution in [3.05, 3.63) is 22.7 Å². The minimum Gasteiger partial charge on any atom is -0.495 e. The van der Waals surface area contributed by atoms with Gasteiger partial charge in [-0.2, -0.15) is 0 Å². The molecular formula is C12H18BrNO4S. The molecule has 0 spiro atoms. The van der Waals surface area contributed by atoms with Crippen molar-refractivity contribution in [2.45, 2.75) is 37.3 Å². The van der Waals surface area contributed by atoms with Crippen LogP contribution in [0.15, 0.2) is 27.6 Å². The van der Waals surface area contributed by atoms with Gasteiger partial charge in [0.25, 0.3) is 0 Å². The van der Waals surface area contributed by atoms with E-state index in [1.807, 2.05) is 0 Å². The average molecular weight is 352 g/mol. The predicted octanol–water partition coefficient (Wildman–Crippen LogP) is 1.90. The number of hydrogen-bond donors (Lipinski definition) is 2. The third kappa shape index (κ3) is 4.76. The molecule has 2 unspecified atom stereocenters. The molecule has 0 amide bonds. The SMILES string of the molecule is COc1ccc(Br)cc1S(=O)(=O)NC(C)CC(C)O. The Bertz CT molecular complexity index is 531. The molecule has 1 aromatic rings. The Morgan fingerprint density at radius 2 is 2.05 bits per heavy atom. The van der Waals surface area contributed by atoms with E-state index in [1.165, 1.54) is 13.2 Å². The number of nitrogens with one attached hydrogen (secondary N) is 1. The number of rotatable bonds is 6. The third-order valence-corrected chi connectivity index (χ3v) is 4.57. The first kappa shape index (κ1) is 16.4. The van der Waals surface area contributed by atoms with Crippen LogP contribution in [0.4, 0.5) is 0 Å². The molecule has 2 N–H and O–H groups in total. The molecule has 0 saturated heterocycles. The maximum atomic E-state index is 12.3. The monoisotopic (exact) mass is 351 g/mol. The molecule has 0 aliphatic carbocycles. The smallest absolute Gasteiger partial charge is 0.244 e. The topological polar surface area (TPSA) is 75.6 Å². The summed E-state index contributed by atoms with van der Waals surface area (Å²) in [5.41, 5.74) is 0. The number of methoxy groups -OCH3 is 1. The molecule has 5 nitrogen and oxygen atoms in total. The normalized spacial score (nSPS) is 15.0. The highest BCUT2D eigenvalue weighted by molar-refractivity contribution is 9.10. The highest BCUT2D eigenvalue weighted by Gasteiger charge is 2.22. The number of aliphatic hydroxyl groups excluding tert-OH is 1. The standard InChI is InChI=1S/C12H18BrNO4S/c1-8(6-9(2)15)14-19(16,17)12-7-10(13)4-5-11(12)18-3/h4-5,7-9,14-15H,6H2,1-3H3. The van der Waals surface area contributed by atoms with Gasteiger partial charge in [0.05, 0.1) is 13.2 Å². The van der Waals surface area contributed by atoms with E-state index in [4.69, 9.17) is 4.74 Å². The molecule has 0 saturated carbocycles. The summed E-state index contributed by atoms with van der Waals surface area (Å²) in [5.74, 6) is 0.278. The summed E-state index contributed by atoms with van der Waals surface area (Å²) in [6.45, 7) is 3.32. The van der Waals surface area contributed by atoms with Crippen LogP contribution in [-0.2, 0) is 10.0 Å². The number of hydrogen-bond acceptors (Lipinski definition) is 4. The lowest BCUT2D eigenvalue weighted by atomic mass is 10.2. The summed E-state index contributed by atoms with van der Waals surface area (Å²) in [5, 5.41) is 9.27. The molecule has 19 heavy (non-hydrogen) atoms. The van der Waals surface area contributed by atoms with Crippen LogP contribution in [0, 0.1) is 0 Å². The Labute approximate surface area is 122 Å². The van der Waals surface area contributed by atoms with Crippen molar-refractivity contribution in [1.29, 1.82) is 0 Å². The van der Waals surface area contributed by atoms with Gasteiger partial charge in [-0.15, -0.1) is 0 Å². The second-order valence-electron chi connectivity index (χ2n) is 4.40. The minimum atomic E-state index is -3.69. The van der Waals surface area contributed by atoms with E-state index in [0.29, 0.717) is 10.9 Å². The summed E-state index contributed by atoms with van der Waals surface area (Å²) in [7, 11) is -2.27. The first-order valence-corrected chi connectivity index (χ1v) is 8.08. The molecule has 0 aliphatic rings. The van der Waals surface area contributed by atoms with Crippen LogP contribution < -0.4 is 9.46 Å². The van der Waals surface area contributed by atoms with E-state index in [1.54, 1.807) is 26.0 Å². The fourth-order valence-corrected chi connectivity index (χ4v) is 3.71. The van der Waals surface area contributed by atoms with Crippen LogP contribution in [0.2, 0.25) is 0 Å². The molecular weight excluding hydrogens is 334 g/mol. The molecule has 0 aromatic heterocycles. The quantitative estimate of drug-likeness (QED) is 0.820. The summed E-state index contributed by atoms with van der Waals surface area (Å²) in [6, 6.07) is 4.40. The van der Waals surface area contributed by atoms with Crippen LogP contribution >= 0.6 is 15.9 Å². The van der Waals surface area contributed by atoms with Gasteiger partial charge in [0.15, 0.2) is 0 Å². The summed E-state index contributed by atoms with van der Waals surface area (Å²) in [6.07, 6.45) is -0.225. The maximum absolute atomic E-state index is 12.3. The lowest BCUT2D eigenvalue weighted by Crippen LogP contribution is -2.34. The van der Waals surface area contributed by atoms with Crippen molar-refractivity contribution in [3.63, 3.8) is 0 Å². The van der Waals surface area contributed by atoms with Gasteiger partial charge < -0.3 is 9.84 Å². The first-order chi connectivity index (χ1) is 8.76. The second-order valence-corrected chi connectivity index (χ2v) is 7.00. The average Bonchev–Trinajstić information content (AvgIpc) is 2.26. The van der Waals surface area contributed by atoms with Crippen molar-refractivity contribution < 1.29 is 18.3 Å². The number of halogens is 1. The predicted molar refractivity (Wildman–Crippen MR) is 76.8 cm³/mol. The molecule has 2 atom stereocenters. The zero-order valence-electron chi connectivity index (χ0n) is 11.1. The molecule has 1 aromatic carbocycles. The van der Waals surface area contributed by atoms with E-state index in [2.05, 4.69) is 20.7 Å². The summed E-state index contributed by atoms with van der Waals surface area (Å²) >= 11 is 3.24. The maximum Gasteiger partial charge on any atom is 0.244 e. The van der Waals surface area contributed by atoms with E-state index in [-0.39, 0.29) is 16.7 Å². The Balaban J connectivity index is 3.03. The fraction of sp³-hybridized carbons (Fsp3) is 0.500. The van der Waals surface area contributed by atoms with Crippen LogP contribution in [-0.4, -0.2) is 32.8 Å². The van der Waals surface area contributed by atoms with Crippen LogP contribution in [0.1, 0.15) is 20.3 Å². The van der Waals surface area contributed by atoms with Crippen LogP contribution in [0.3, 0.4) is 0 Å². The van der Waals surface area contributed by atoms with Crippen molar-refractivity contribution in [2.75, 3.05) is 7.11 Å². The minimum absolute atomic E-state index is 0.0711. The second kappa shape index (κ2) is 6.69. The van der Waals surface area contributed by atoms with Gasteiger partial charge in [-0.05, 0) is 38.5 Å². The van der Waals surface area contributed by atoms with E-state index in [0.717, 1.165) is 0 Å². The molecule has 0 bridgehead atoms. The summed E-state index contributed by atoms with van der Waals surface area (Å²) < 4.78 is 32.8. The van der Waals surface area contributed by atoms with Gasteiger partial charge in [0.2, 0.25) is 10.0 Å².